The second-order valence-corrected chi connectivity index (χ2v) is 9.86. The third-order valence-corrected chi connectivity index (χ3v) is 7.27. The molecule has 158 valence electrons. The summed E-state index contributed by atoms with van der Waals surface area (Å²) in [7, 11) is 2.10. The Balaban J connectivity index is 1.30. The zero-order valence-corrected chi connectivity index (χ0v) is 19.4. The van der Waals surface area contributed by atoms with Crippen LogP contribution in [0.4, 0.5) is 5.69 Å². The first-order valence-corrected chi connectivity index (χ1v) is 12.6. The van der Waals surface area contributed by atoms with Crippen LogP contribution in [0.3, 0.4) is 0 Å². The van der Waals surface area contributed by atoms with Gasteiger partial charge in [-0.15, -0.1) is 11.8 Å². The highest BCUT2D eigenvalue weighted by Crippen LogP contribution is 2.27. The molecule has 0 amide bonds. The second kappa shape index (κ2) is 12.0. The molecule has 4 heteroatoms. The Bertz CT molecular complexity index is 997. The number of unbranched alkanes of at least 4 members (excludes halogenated alkanes) is 5. The summed E-state index contributed by atoms with van der Waals surface area (Å²) >= 11 is 3.20. The van der Waals surface area contributed by atoms with Crippen LogP contribution in [0.15, 0.2) is 72.0 Å². The lowest BCUT2D eigenvalue weighted by atomic mass is 10.1. The summed E-state index contributed by atoms with van der Waals surface area (Å²) in [4.78, 5) is 15.4. The van der Waals surface area contributed by atoms with Gasteiger partial charge in [0.05, 0.1) is 0 Å². The highest BCUT2D eigenvalue weighted by Gasteiger charge is 2.08. The van der Waals surface area contributed by atoms with Crippen molar-refractivity contribution in [2.45, 2.75) is 38.5 Å². The Morgan fingerprint density at radius 3 is 2.40 bits per heavy atom. The molecule has 0 aliphatic heterocycles. The molecule has 0 aliphatic carbocycles. The highest BCUT2D eigenvalue weighted by atomic mass is 32.2. The van der Waals surface area contributed by atoms with E-state index in [-0.39, 0.29) is 4.74 Å². The number of hydrogen-bond acceptors (Lipinski definition) is 4. The van der Waals surface area contributed by atoms with E-state index in [2.05, 4.69) is 48.9 Å². The molecule has 0 fully saturated rings. The summed E-state index contributed by atoms with van der Waals surface area (Å²) in [6.45, 7) is 5.18. The molecular weight excluding hydrogens is 406 g/mol. The minimum atomic E-state index is 0.128. The van der Waals surface area contributed by atoms with Gasteiger partial charge in [0.1, 0.15) is 0 Å². The van der Waals surface area contributed by atoms with Crippen molar-refractivity contribution in [3.63, 3.8) is 0 Å². The van der Waals surface area contributed by atoms with Crippen LogP contribution in [-0.2, 0) is 0 Å². The summed E-state index contributed by atoms with van der Waals surface area (Å²) in [6.07, 6.45) is 7.52. The van der Waals surface area contributed by atoms with Gasteiger partial charge >= 0.3 is 0 Å². The Morgan fingerprint density at radius 2 is 1.60 bits per heavy atom. The van der Waals surface area contributed by atoms with Gasteiger partial charge in [0, 0.05) is 40.3 Å². The summed E-state index contributed by atoms with van der Waals surface area (Å²) < 4.78 is 1.20. The molecule has 0 N–H and O–H groups in total. The number of rotatable bonds is 12. The van der Waals surface area contributed by atoms with Crippen molar-refractivity contribution in [3.8, 4) is 0 Å². The Hall–Kier alpha value is -2.04. The SMILES string of the molecule is C=C(SCCCCCCCCN(C)c1cc(=O)sc2ccccc12)c1ccccc1. The first-order chi connectivity index (χ1) is 14.6. The molecule has 3 rings (SSSR count). The Kier molecular flexibility index (Phi) is 9.03. The first kappa shape index (κ1) is 22.6. The fourth-order valence-electron chi connectivity index (χ4n) is 3.59. The fraction of sp³-hybridized carbons (Fsp3) is 0.346. The number of anilines is 1. The van der Waals surface area contributed by atoms with Crippen LogP contribution < -0.4 is 9.64 Å². The van der Waals surface area contributed by atoms with Crippen molar-refractivity contribution in [2.24, 2.45) is 0 Å². The van der Waals surface area contributed by atoms with E-state index >= 15 is 0 Å². The molecule has 3 aromatic rings. The molecule has 1 aromatic heterocycles. The van der Waals surface area contributed by atoms with Crippen LogP contribution in [0.25, 0.3) is 15.0 Å². The maximum atomic E-state index is 12.0. The smallest absolute Gasteiger partial charge is 0.234 e. The zero-order chi connectivity index (χ0) is 21.2. The zero-order valence-electron chi connectivity index (χ0n) is 17.8. The van der Waals surface area contributed by atoms with Gasteiger partial charge in [-0.3, -0.25) is 4.79 Å². The maximum absolute atomic E-state index is 12.0. The molecule has 0 bridgehead atoms. The van der Waals surface area contributed by atoms with Crippen molar-refractivity contribution in [1.82, 2.24) is 0 Å². The van der Waals surface area contributed by atoms with E-state index in [1.807, 2.05) is 36.0 Å². The van der Waals surface area contributed by atoms with E-state index in [1.54, 1.807) is 6.07 Å². The predicted octanol–water partition coefficient (Wildman–Crippen LogP) is 7.44. The molecule has 0 unspecified atom stereocenters. The van der Waals surface area contributed by atoms with Crippen LogP contribution >= 0.6 is 23.1 Å². The molecule has 0 saturated heterocycles. The lowest BCUT2D eigenvalue weighted by molar-refractivity contribution is 0.608. The van der Waals surface area contributed by atoms with E-state index in [1.165, 1.54) is 59.3 Å². The average molecular weight is 438 g/mol. The number of thioether (sulfide) groups is 1. The monoisotopic (exact) mass is 437 g/mol. The van der Waals surface area contributed by atoms with Gasteiger partial charge < -0.3 is 4.90 Å². The van der Waals surface area contributed by atoms with Gasteiger partial charge in [-0.25, -0.2) is 0 Å². The van der Waals surface area contributed by atoms with Crippen LogP contribution in [0, 0.1) is 0 Å². The van der Waals surface area contributed by atoms with Crippen molar-refractivity contribution in [1.29, 1.82) is 0 Å². The minimum absolute atomic E-state index is 0.128. The fourth-order valence-corrected chi connectivity index (χ4v) is 5.31. The summed E-state index contributed by atoms with van der Waals surface area (Å²) in [5, 5.41) is 1.18. The van der Waals surface area contributed by atoms with Crippen molar-refractivity contribution >= 4 is 43.8 Å². The molecule has 30 heavy (non-hydrogen) atoms. The summed E-state index contributed by atoms with van der Waals surface area (Å²) in [5.74, 6) is 1.15. The number of nitrogens with zero attached hydrogens (tertiary/aromatic N) is 1. The third-order valence-electron chi connectivity index (χ3n) is 5.30. The third kappa shape index (κ3) is 6.75. The lowest BCUT2D eigenvalue weighted by Crippen LogP contribution is -2.19. The van der Waals surface area contributed by atoms with E-state index in [0.717, 1.165) is 29.1 Å². The van der Waals surface area contributed by atoms with Crippen LogP contribution in [0.5, 0.6) is 0 Å². The molecular formula is C26H31NOS2. The van der Waals surface area contributed by atoms with Crippen LogP contribution in [0.2, 0.25) is 0 Å². The van der Waals surface area contributed by atoms with Gasteiger partial charge in [0.25, 0.3) is 0 Å². The molecule has 2 aromatic carbocycles. The molecule has 1 heterocycles. The van der Waals surface area contributed by atoms with E-state index in [9.17, 15) is 4.79 Å². The number of benzene rings is 2. The average Bonchev–Trinajstić information content (AvgIpc) is 2.77. The standard InChI is InChI=1S/C26H31NOS2/c1-21(22-14-8-7-9-15-22)29-19-13-6-4-3-5-12-18-27(2)24-20-26(28)30-25-17-11-10-16-23(24)25/h7-11,14-17,20H,1,3-6,12-13,18-19H2,2H3. The molecule has 0 atom stereocenters. The molecule has 0 saturated carbocycles. The van der Waals surface area contributed by atoms with Gasteiger partial charge in [-0.2, -0.15) is 0 Å². The number of hydrogen-bond donors (Lipinski definition) is 0. The van der Waals surface area contributed by atoms with Gasteiger partial charge in [0.15, 0.2) is 0 Å². The van der Waals surface area contributed by atoms with Crippen molar-refractivity contribution in [3.05, 3.63) is 82.3 Å². The highest BCUT2D eigenvalue weighted by molar-refractivity contribution is 8.08. The largest absolute Gasteiger partial charge is 0.374 e. The van der Waals surface area contributed by atoms with E-state index in [0.29, 0.717) is 0 Å². The normalized spacial score (nSPS) is 11.0. The quantitative estimate of drug-likeness (QED) is 0.275. The van der Waals surface area contributed by atoms with Crippen molar-refractivity contribution in [2.75, 3.05) is 24.2 Å². The minimum Gasteiger partial charge on any atom is -0.374 e. The molecule has 0 spiro atoms. The summed E-state index contributed by atoms with van der Waals surface area (Å²) in [6, 6.07) is 20.4. The van der Waals surface area contributed by atoms with Gasteiger partial charge in [-0.05, 0) is 30.2 Å². The molecule has 0 aliphatic rings. The van der Waals surface area contributed by atoms with Gasteiger partial charge in [0.2, 0.25) is 4.74 Å². The second-order valence-electron chi connectivity index (χ2n) is 7.63. The summed E-state index contributed by atoms with van der Waals surface area (Å²) in [5.41, 5.74) is 2.30. The van der Waals surface area contributed by atoms with E-state index in [4.69, 9.17) is 0 Å². The van der Waals surface area contributed by atoms with Crippen molar-refractivity contribution < 1.29 is 0 Å². The van der Waals surface area contributed by atoms with Gasteiger partial charge in [-0.1, -0.05) is 92.1 Å². The van der Waals surface area contributed by atoms with E-state index < -0.39 is 0 Å². The predicted molar refractivity (Wildman–Crippen MR) is 137 cm³/mol. The first-order valence-electron chi connectivity index (χ1n) is 10.8. The Morgan fingerprint density at radius 1 is 0.933 bits per heavy atom. The molecule has 0 radical (unpaired) electrons. The Labute approximate surface area is 188 Å². The topological polar surface area (TPSA) is 20.3 Å². The van der Waals surface area contributed by atoms with Crippen LogP contribution in [-0.4, -0.2) is 19.3 Å². The van der Waals surface area contributed by atoms with Crippen LogP contribution in [0.1, 0.15) is 44.1 Å². The number of fused-ring (bicyclic) bond motifs is 1. The maximum Gasteiger partial charge on any atom is 0.234 e. The lowest BCUT2D eigenvalue weighted by Gasteiger charge is -2.20. The molecule has 2 nitrogen and oxygen atoms in total.